The highest BCUT2D eigenvalue weighted by atomic mass is 15.1. The van der Waals surface area contributed by atoms with Crippen molar-refractivity contribution in [3.05, 3.63) is 180 Å². The fourth-order valence-corrected chi connectivity index (χ4v) is 6.90. The Hall–Kier alpha value is -6.33. The molecule has 1 atom stereocenters. The zero-order chi connectivity index (χ0) is 31.9. The fourth-order valence-electron chi connectivity index (χ4n) is 6.90. The van der Waals surface area contributed by atoms with E-state index in [1.165, 1.54) is 22.3 Å². The maximum atomic E-state index is 5.29. The molecule has 48 heavy (non-hydrogen) atoms. The number of nitrogens with one attached hydrogen (secondary N) is 2. The van der Waals surface area contributed by atoms with E-state index in [0.29, 0.717) is 0 Å². The normalized spacial score (nSPS) is 15.3. The van der Waals surface area contributed by atoms with Crippen molar-refractivity contribution in [2.45, 2.75) is 6.04 Å². The minimum atomic E-state index is -0.0697. The summed E-state index contributed by atoms with van der Waals surface area (Å²) < 4.78 is 0. The molecule has 0 spiro atoms. The van der Waals surface area contributed by atoms with Crippen LogP contribution in [0.4, 0.5) is 5.69 Å². The van der Waals surface area contributed by atoms with Gasteiger partial charge in [-0.25, -0.2) is 4.99 Å². The van der Waals surface area contributed by atoms with Gasteiger partial charge in [0.15, 0.2) is 0 Å². The van der Waals surface area contributed by atoms with Crippen molar-refractivity contribution in [3.8, 4) is 22.3 Å². The molecule has 4 heterocycles. The van der Waals surface area contributed by atoms with Crippen LogP contribution in [-0.2, 0) is 0 Å². The zero-order valence-electron chi connectivity index (χ0n) is 26.1. The molecule has 0 saturated heterocycles. The van der Waals surface area contributed by atoms with E-state index in [9.17, 15) is 0 Å². The second kappa shape index (κ2) is 11.8. The summed E-state index contributed by atoms with van der Waals surface area (Å²) in [4.78, 5) is 14.8. The quantitative estimate of drug-likeness (QED) is 0.189. The lowest BCUT2D eigenvalue weighted by molar-refractivity contribution is 0.749. The molecule has 2 aromatic heterocycles. The Kier molecular flexibility index (Phi) is 6.86. The van der Waals surface area contributed by atoms with E-state index in [2.05, 4.69) is 138 Å². The Bertz CT molecular complexity index is 2430. The summed E-state index contributed by atoms with van der Waals surface area (Å²) in [7, 11) is 0. The highest BCUT2D eigenvalue weighted by molar-refractivity contribution is 6.11. The summed E-state index contributed by atoms with van der Waals surface area (Å²) >= 11 is 0. The second-order valence-electron chi connectivity index (χ2n) is 12.2. The van der Waals surface area contributed by atoms with Gasteiger partial charge in [-0.2, -0.15) is 0 Å². The molecule has 0 saturated carbocycles. The van der Waals surface area contributed by atoms with Gasteiger partial charge in [-0.1, -0.05) is 84.9 Å². The lowest BCUT2D eigenvalue weighted by Crippen LogP contribution is -2.33. The molecular formula is C43H31N5. The molecular weight excluding hydrogens is 587 g/mol. The Labute approximate surface area is 279 Å². The topological polar surface area (TPSA) is 62.2 Å². The van der Waals surface area contributed by atoms with Gasteiger partial charge >= 0.3 is 0 Å². The third-order valence-electron chi connectivity index (χ3n) is 9.25. The highest BCUT2D eigenvalue weighted by Gasteiger charge is 2.26. The summed E-state index contributed by atoms with van der Waals surface area (Å²) in [5.74, 6) is 0.844. The van der Waals surface area contributed by atoms with Crippen molar-refractivity contribution < 1.29 is 0 Å². The molecule has 5 aromatic carbocycles. The van der Waals surface area contributed by atoms with Crippen LogP contribution in [-0.4, -0.2) is 22.3 Å². The lowest BCUT2D eigenvalue weighted by Gasteiger charge is -2.29. The lowest BCUT2D eigenvalue weighted by atomic mass is 9.90. The van der Waals surface area contributed by atoms with Crippen molar-refractivity contribution >= 4 is 38.9 Å². The van der Waals surface area contributed by atoms with Crippen LogP contribution in [0.1, 0.15) is 28.3 Å². The Morgan fingerprint density at radius 2 is 1.38 bits per heavy atom. The number of benzene rings is 5. The van der Waals surface area contributed by atoms with Gasteiger partial charge in [-0.05, 0) is 99.8 Å². The molecule has 0 radical (unpaired) electrons. The average molecular weight is 618 g/mol. The van der Waals surface area contributed by atoms with Gasteiger partial charge in [0.05, 0.1) is 22.8 Å². The molecule has 0 fully saturated rings. The van der Waals surface area contributed by atoms with Crippen molar-refractivity contribution in [3.63, 3.8) is 0 Å². The monoisotopic (exact) mass is 617 g/mol. The first kappa shape index (κ1) is 27.9. The molecule has 228 valence electrons. The SMILES string of the molecule is C1=CNCC(c2cc(C3=Nc4ccc(-c5ccccc5)cc4C(c4ccccc4)N3)cc(-c3cc4cccnc4c4ncccc34)c2)=C1. The molecule has 0 bridgehead atoms. The predicted octanol–water partition coefficient (Wildman–Crippen LogP) is 9.39. The van der Waals surface area contributed by atoms with Crippen LogP contribution in [0.15, 0.2) is 163 Å². The molecule has 0 aliphatic carbocycles. The van der Waals surface area contributed by atoms with Gasteiger partial charge in [-0.3, -0.25) is 9.97 Å². The molecule has 7 aromatic rings. The van der Waals surface area contributed by atoms with Crippen LogP contribution >= 0.6 is 0 Å². The van der Waals surface area contributed by atoms with Crippen LogP contribution in [0.5, 0.6) is 0 Å². The van der Waals surface area contributed by atoms with E-state index in [-0.39, 0.29) is 6.04 Å². The second-order valence-corrected chi connectivity index (χ2v) is 12.2. The van der Waals surface area contributed by atoms with Crippen molar-refractivity contribution in [2.24, 2.45) is 4.99 Å². The number of rotatable bonds is 5. The minimum Gasteiger partial charge on any atom is -0.387 e. The molecule has 2 N–H and O–H groups in total. The molecule has 5 nitrogen and oxygen atoms in total. The number of dihydropyridines is 1. The molecule has 0 amide bonds. The first-order valence-electron chi connectivity index (χ1n) is 16.3. The Balaban J connectivity index is 1.25. The Morgan fingerprint density at radius 3 is 2.21 bits per heavy atom. The maximum absolute atomic E-state index is 5.29. The Morgan fingerprint density at radius 1 is 0.604 bits per heavy atom. The van der Waals surface area contributed by atoms with E-state index in [4.69, 9.17) is 15.0 Å². The molecule has 1 unspecified atom stereocenters. The smallest absolute Gasteiger partial charge is 0.134 e. The summed E-state index contributed by atoms with van der Waals surface area (Å²) in [6, 6.07) is 45.0. The first-order chi connectivity index (χ1) is 23.8. The summed E-state index contributed by atoms with van der Waals surface area (Å²) in [5.41, 5.74) is 13.1. The highest BCUT2D eigenvalue weighted by Crippen LogP contribution is 2.39. The predicted molar refractivity (Wildman–Crippen MR) is 197 cm³/mol. The van der Waals surface area contributed by atoms with E-state index < -0.39 is 0 Å². The van der Waals surface area contributed by atoms with Gasteiger partial charge in [0, 0.05) is 40.8 Å². The summed E-state index contributed by atoms with van der Waals surface area (Å²) in [5, 5.41) is 9.40. The summed E-state index contributed by atoms with van der Waals surface area (Å²) in [6.07, 6.45) is 9.92. The van der Waals surface area contributed by atoms with Crippen LogP contribution in [0, 0.1) is 0 Å². The van der Waals surface area contributed by atoms with Crippen LogP contribution in [0.25, 0.3) is 49.6 Å². The number of amidine groups is 1. The molecule has 2 aliphatic heterocycles. The number of aliphatic imine (C=N–C) groups is 1. The van der Waals surface area contributed by atoms with Crippen molar-refractivity contribution in [1.82, 2.24) is 20.6 Å². The molecule has 5 heteroatoms. The van der Waals surface area contributed by atoms with Gasteiger partial charge in [-0.15, -0.1) is 0 Å². The number of hydrogen-bond acceptors (Lipinski definition) is 5. The van der Waals surface area contributed by atoms with Crippen molar-refractivity contribution in [2.75, 3.05) is 6.54 Å². The number of allylic oxidation sites excluding steroid dienone is 2. The fraction of sp³-hybridized carbons (Fsp3) is 0.0465. The van der Waals surface area contributed by atoms with Gasteiger partial charge in [0.1, 0.15) is 5.84 Å². The maximum Gasteiger partial charge on any atom is 0.134 e. The van der Waals surface area contributed by atoms with E-state index in [1.54, 1.807) is 0 Å². The molecule has 2 aliphatic rings. The number of pyridine rings is 2. The van der Waals surface area contributed by atoms with E-state index in [1.807, 2.05) is 30.7 Å². The third kappa shape index (κ3) is 5.02. The average Bonchev–Trinajstić information content (AvgIpc) is 3.18. The van der Waals surface area contributed by atoms with Crippen LogP contribution in [0.3, 0.4) is 0 Å². The number of nitrogens with zero attached hydrogens (tertiary/aromatic N) is 3. The number of aromatic nitrogens is 2. The molecule has 9 rings (SSSR count). The van der Waals surface area contributed by atoms with Gasteiger partial charge in [0.2, 0.25) is 0 Å². The zero-order valence-corrected chi connectivity index (χ0v) is 26.1. The summed E-state index contributed by atoms with van der Waals surface area (Å²) in [6.45, 7) is 0.751. The van der Waals surface area contributed by atoms with Gasteiger partial charge in [0.25, 0.3) is 0 Å². The third-order valence-corrected chi connectivity index (χ3v) is 9.25. The number of fused-ring (bicyclic) bond motifs is 4. The van der Waals surface area contributed by atoms with Crippen LogP contribution in [0.2, 0.25) is 0 Å². The van der Waals surface area contributed by atoms with Crippen LogP contribution < -0.4 is 10.6 Å². The largest absolute Gasteiger partial charge is 0.387 e. The van der Waals surface area contributed by atoms with Crippen molar-refractivity contribution in [1.29, 1.82) is 0 Å². The first-order valence-corrected chi connectivity index (χ1v) is 16.3. The standard InChI is InChI=1S/C43H31N5/c1-3-10-28(11-4-1)30-17-18-39-38(25-30)40(29-12-5-2-6-13-29)48-43(47-39)35-23-33(32-15-7-19-44-27-32)22-34(24-35)37-26-31-14-8-20-45-41(31)42-36(37)16-9-21-46-42/h1-26,40,44H,27H2,(H,47,48). The van der Waals surface area contributed by atoms with E-state index in [0.717, 1.165) is 67.7 Å². The van der Waals surface area contributed by atoms with E-state index >= 15 is 0 Å². The minimum absolute atomic E-state index is 0.0697. The van der Waals surface area contributed by atoms with Gasteiger partial charge < -0.3 is 10.6 Å². The number of hydrogen-bond donors (Lipinski definition) is 2.